The van der Waals surface area contributed by atoms with Crippen LogP contribution in [-0.2, 0) is 9.53 Å². The van der Waals surface area contributed by atoms with Crippen molar-refractivity contribution >= 4 is 5.91 Å². The van der Waals surface area contributed by atoms with Crippen molar-refractivity contribution in [3.05, 3.63) is 0 Å². The molecule has 4 heteroatoms. The summed E-state index contributed by atoms with van der Waals surface area (Å²) in [7, 11) is 0. The Morgan fingerprint density at radius 1 is 1.29 bits per heavy atom. The highest BCUT2D eigenvalue weighted by atomic mass is 16.5. The molecular weight excluding hydrogens is 264 g/mol. The molecule has 1 fully saturated rings. The van der Waals surface area contributed by atoms with Crippen molar-refractivity contribution in [2.75, 3.05) is 13.2 Å². The van der Waals surface area contributed by atoms with Crippen LogP contribution in [0.4, 0.5) is 0 Å². The first-order chi connectivity index (χ1) is 9.94. The van der Waals surface area contributed by atoms with E-state index in [2.05, 4.69) is 5.32 Å². The lowest BCUT2D eigenvalue weighted by Gasteiger charge is -2.30. The number of carbonyl (C=O) groups is 1. The van der Waals surface area contributed by atoms with Crippen LogP contribution in [0.2, 0.25) is 0 Å². The Kier molecular flexibility index (Phi) is 8.27. The van der Waals surface area contributed by atoms with Crippen LogP contribution in [0.1, 0.15) is 72.1 Å². The molecule has 1 aliphatic rings. The average molecular weight is 298 g/mol. The second kappa shape index (κ2) is 9.42. The average Bonchev–Trinajstić information content (AvgIpc) is 2.43. The highest BCUT2D eigenvalue weighted by molar-refractivity contribution is 5.84. The number of unbranched alkanes of at least 4 members (excludes halogenated alkanes) is 1. The normalized spacial score (nSPS) is 19.6. The predicted molar refractivity (Wildman–Crippen MR) is 87.1 cm³/mol. The highest BCUT2D eigenvalue weighted by Crippen LogP contribution is 2.23. The second-order valence-electron chi connectivity index (χ2n) is 7.03. The molecule has 3 N–H and O–H groups in total. The minimum atomic E-state index is -0.600. The Bertz CT molecular complexity index is 301. The molecule has 0 aromatic carbocycles. The molecule has 21 heavy (non-hydrogen) atoms. The summed E-state index contributed by atoms with van der Waals surface area (Å²) in [6, 6.07) is 0.255. The Morgan fingerprint density at radius 3 is 2.52 bits per heavy atom. The lowest BCUT2D eigenvalue weighted by atomic mass is 9.90. The monoisotopic (exact) mass is 298 g/mol. The summed E-state index contributed by atoms with van der Waals surface area (Å²) in [5.74, 6) is 0.511. The third-order valence-corrected chi connectivity index (χ3v) is 4.44. The van der Waals surface area contributed by atoms with Crippen LogP contribution in [0.3, 0.4) is 0 Å². The van der Waals surface area contributed by atoms with Crippen molar-refractivity contribution in [1.82, 2.24) is 5.32 Å². The van der Waals surface area contributed by atoms with E-state index in [0.717, 1.165) is 38.4 Å². The first kappa shape index (κ1) is 18.4. The summed E-state index contributed by atoms with van der Waals surface area (Å²) >= 11 is 0. The second-order valence-corrected chi connectivity index (χ2v) is 7.03. The molecule has 0 bridgehead atoms. The third-order valence-electron chi connectivity index (χ3n) is 4.44. The van der Waals surface area contributed by atoms with Gasteiger partial charge in [-0.15, -0.1) is 0 Å². The van der Waals surface area contributed by atoms with Crippen LogP contribution in [-0.4, -0.2) is 30.7 Å². The van der Waals surface area contributed by atoms with Gasteiger partial charge in [0.1, 0.15) is 0 Å². The zero-order valence-corrected chi connectivity index (χ0v) is 14.1. The Labute approximate surface area is 130 Å². The minimum absolute atomic E-state index is 0.255. The number of amides is 1. The van der Waals surface area contributed by atoms with Crippen LogP contribution in [0.25, 0.3) is 0 Å². The summed E-state index contributed by atoms with van der Waals surface area (Å²) in [5, 5.41) is 3.28. The summed E-state index contributed by atoms with van der Waals surface area (Å²) in [6.07, 6.45) is 9.52. The number of hydrogen-bond donors (Lipinski definition) is 2. The number of hydrogen-bond acceptors (Lipinski definition) is 3. The van der Waals surface area contributed by atoms with Gasteiger partial charge in [0.2, 0.25) is 5.91 Å². The number of nitrogens with two attached hydrogens (primary N) is 1. The molecule has 124 valence electrons. The van der Waals surface area contributed by atoms with Gasteiger partial charge in [-0.1, -0.05) is 19.3 Å². The van der Waals surface area contributed by atoms with Crippen molar-refractivity contribution in [2.45, 2.75) is 83.7 Å². The molecule has 1 amide bonds. The van der Waals surface area contributed by atoms with E-state index in [1.54, 1.807) is 0 Å². The summed E-state index contributed by atoms with van der Waals surface area (Å²) in [4.78, 5) is 11.6. The summed E-state index contributed by atoms with van der Waals surface area (Å²) in [5.41, 5.74) is 4.93. The van der Waals surface area contributed by atoms with E-state index in [1.165, 1.54) is 32.1 Å². The van der Waals surface area contributed by atoms with Crippen LogP contribution in [0, 0.1) is 5.92 Å². The Hall–Kier alpha value is -0.610. The van der Waals surface area contributed by atoms with E-state index in [0.29, 0.717) is 0 Å². The lowest BCUT2D eigenvalue weighted by Crippen LogP contribution is -2.55. The van der Waals surface area contributed by atoms with Gasteiger partial charge in [-0.3, -0.25) is 4.79 Å². The quantitative estimate of drug-likeness (QED) is 0.609. The molecule has 1 rings (SSSR count). The van der Waals surface area contributed by atoms with E-state index >= 15 is 0 Å². The SMILES string of the molecule is CC(C)NC(C)(CCCCOCC1CCCCC1)C(N)=O. The van der Waals surface area contributed by atoms with Gasteiger partial charge in [0, 0.05) is 19.3 Å². The third kappa shape index (κ3) is 7.28. The zero-order valence-electron chi connectivity index (χ0n) is 14.1. The molecule has 0 radical (unpaired) electrons. The first-order valence-corrected chi connectivity index (χ1v) is 8.59. The van der Waals surface area contributed by atoms with Gasteiger partial charge >= 0.3 is 0 Å². The molecule has 1 atom stereocenters. The summed E-state index contributed by atoms with van der Waals surface area (Å²) < 4.78 is 5.79. The number of rotatable bonds is 10. The Morgan fingerprint density at radius 2 is 1.95 bits per heavy atom. The van der Waals surface area contributed by atoms with Crippen LogP contribution < -0.4 is 11.1 Å². The van der Waals surface area contributed by atoms with Gasteiger partial charge in [0.25, 0.3) is 0 Å². The van der Waals surface area contributed by atoms with Crippen molar-refractivity contribution < 1.29 is 9.53 Å². The molecule has 0 heterocycles. The van der Waals surface area contributed by atoms with E-state index in [9.17, 15) is 4.79 Å². The van der Waals surface area contributed by atoms with Gasteiger partial charge < -0.3 is 15.8 Å². The number of carbonyl (C=O) groups excluding carboxylic acids is 1. The molecule has 0 spiro atoms. The predicted octanol–water partition coefficient (Wildman–Crippen LogP) is 3.00. The number of ether oxygens (including phenoxy) is 1. The first-order valence-electron chi connectivity index (χ1n) is 8.59. The van der Waals surface area contributed by atoms with Gasteiger partial charge in [0.05, 0.1) is 5.54 Å². The fourth-order valence-electron chi connectivity index (χ4n) is 3.19. The Balaban J connectivity index is 2.12. The standard InChI is InChI=1S/C17H34N2O2/c1-14(2)19-17(3,16(18)20)11-7-8-12-21-13-15-9-5-4-6-10-15/h14-15,19H,4-13H2,1-3H3,(H2,18,20). The highest BCUT2D eigenvalue weighted by Gasteiger charge is 2.30. The van der Waals surface area contributed by atoms with E-state index in [-0.39, 0.29) is 11.9 Å². The maximum absolute atomic E-state index is 11.6. The summed E-state index contributed by atoms with van der Waals surface area (Å²) in [6.45, 7) is 7.69. The maximum atomic E-state index is 11.6. The van der Waals surface area contributed by atoms with Crippen LogP contribution >= 0.6 is 0 Å². The number of nitrogens with one attached hydrogen (secondary N) is 1. The molecule has 0 saturated heterocycles. The lowest BCUT2D eigenvalue weighted by molar-refractivity contribution is -0.124. The molecule has 0 aromatic rings. The van der Waals surface area contributed by atoms with Gasteiger partial charge in [-0.2, -0.15) is 0 Å². The zero-order chi connectivity index (χ0) is 15.7. The molecule has 0 aromatic heterocycles. The van der Waals surface area contributed by atoms with Gasteiger partial charge in [-0.05, 0) is 58.8 Å². The van der Waals surface area contributed by atoms with E-state index in [4.69, 9.17) is 10.5 Å². The largest absolute Gasteiger partial charge is 0.381 e. The van der Waals surface area contributed by atoms with Crippen molar-refractivity contribution in [3.63, 3.8) is 0 Å². The molecule has 0 aliphatic heterocycles. The maximum Gasteiger partial charge on any atom is 0.237 e. The molecular formula is C17H34N2O2. The van der Waals surface area contributed by atoms with Crippen molar-refractivity contribution in [3.8, 4) is 0 Å². The fraction of sp³-hybridized carbons (Fsp3) is 0.941. The minimum Gasteiger partial charge on any atom is -0.381 e. The van der Waals surface area contributed by atoms with Crippen LogP contribution in [0.5, 0.6) is 0 Å². The van der Waals surface area contributed by atoms with Gasteiger partial charge in [0.15, 0.2) is 0 Å². The van der Waals surface area contributed by atoms with Crippen molar-refractivity contribution in [2.24, 2.45) is 11.7 Å². The van der Waals surface area contributed by atoms with E-state index < -0.39 is 5.54 Å². The van der Waals surface area contributed by atoms with Crippen molar-refractivity contribution in [1.29, 1.82) is 0 Å². The molecule has 1 aliphatic carbocycles. The fourth-order valence-corrected chi connectivity index (χ4v) is 3.19. The molecule has 1 unspecified atom stereocenters. The van der Waals surface area contributed by atoms with Crippen LogP contribution in [0.15, 0.2) is 0 Å². The molecule has 4 nitrogen and oxygen atoms in total. The molecule has 1 saturated carbocycles. The topological polar surface area (TPSA) is 64.3 Å². The smallest absolute Gasteiger partial charge is 0.237 e. The van der Waals surface area contributed by atoms with Gasteiger partial charge in [-0.25, -0.2) is 0 Å². The number of primary amides is 1. The van der Waals surface area contributed by atoms with E-state index in [1.807, 2.05) is 20.8 Å².